The van der Waals surface area contributed by atoms with Crippen molar-refractivity contribution in [3.63, 3.8) is 0 Å². The Kier molecular flexibility index (Phi) is 3.90. The molecular weight excluding hydrogens is 352 g/mol. The summed E-state index contributed by atoms with van der Waals surface area (Å²) in [6, 6.07) is 11.4. The number of hydrogen-bond donors (Lipinski definition) is 1. The van der Waals surface area contributed by atoms with Crippen molar-refractivity contribution in [1.29, 1.82) is 0 Å². The summed E-state index contributed by atoms with van der Waals surface area (Å²) in [7, 11) is 0. The second kappa shape index (κ2) is 5.83. The number of anilines is 1. The first-order valence-electron chi connectivity index (χ1n) is 6.21. The summed E-state index contributed by atoms with van der Waals surface area (Å²) in [5.74, 6) is -0.0699. The number of nitrogens with zero attached hydrogens (tertiary/aromatic N) is 1. The van der Waals surface area contributed by atoms with Gasteiger partial charge in [-0.15, -0.1) is 11.3 Å². The highest BCUT2D eigenvalue weighted by Gasteiger charge is 2.13. The first-order valence-corrected chi connectivity index (χ1v) is 7.88. The fraction of sp³-hybridized carbons (Fsp3) is 0.0667. The number of hydrogen-bond acceptors (Lipinski definition) is 4. The number of halogens is 1. The fourth-order valence-electron chi connectivity index (χ4n) is 1.78. The van der Waals surface area contributed by atoms with Crippen molar-refractivity contribution in [3.05, 3.63) is 57.8 Å². The van der Waals surface area contributed by atoms with E-state index in [0.717, 1.165) is 11.3 Å². The molecule has 106 valence electrons. The van der Waals surface area contributed by atoms with Gasteiger partial charge in [0.25, 0.3) is 5.91 Å². The van der Waals surface area contributed by atoms with Crippen LogP contribution in [-0.2, 0) is 0 Å². The minimum absolute atomic E-state index is 0.244. The van der Waals surface area contributed by atoms with Gasteiger partial charge in [-0.25, -0.2) is 4.98 Å². The van der Waals surface area contributed by atoms with E-state index < -0.39 is 0 Å². The van der Waals surface area contributed by atoms with Gasteiger partial charge >= 0.3 is 0 Å². The molecule has 3 aromatic rings. The molecule has 0 saturated heterocycles. The van der Waals surface area contributed by atoms with Crippen molar-refractivity contribution in [2.45, 2.75) is 6.92 Å². The third-order valence-corrected chi connectivity index (χ3v) is 4.05. The normalized spacial score (nSPS) is 10.6. The molecule has 4 nitrogen and oxygen atoms in total. The summed E-state index contributed by atoms with van der Waals surface area (Å²) in [4.78, 5) is 16.4. The van der Waals surface area contributed by atoms with Gasteiger partial charge in [-0.1, -0.05) is 29.8 Å². The Morgan fingerprint density at radius 2 is 2.00 bits per heavy atom. The van der Waals surface area contributed by atoms with Crippen LogP contribution in [0.4, 0.5) is 5.13 Å². The van der Waals surface area contributed by atoms with Crippen molar-refractivity contribution in [2.24, 2.45) is 0 Å². The van der Waals surface area contributed by atoms with Crippen molar-refractivity contribution in [3.8, 4) is 11.3 Å². The Labute approximate surface area is 134 Å². The third kappa shape index (κ3) is 3.22. The lowest BCUT2D eigenvalue weighted by atomic mass is 10.1. The summed E-state index contributed by atoms with van der Waals surface area (Å²) in [5.41, 5.74) is 3.07. The van der Waals surface area contributed by atoms with E-state index in [1.165, 1.54) is 16.9 Å². The topological polar surface area (TPSA) is 55.1 Å². The van der Waals surface area contributed by atoms with E-state index in [1.54, 1.807) is 12.1 Å². The third-order valence-electron chi connectivity index (χ3n) is 2.87. The van der Waals surface area contributed by atoms with Gasteiger partial charge in [0.15, 0.2) is 15.6 Å². The van der Waals surface area contributed by atoms with Crippen LogP contribution in [0.15, 0.2) is 50.9 Å². The van der Waals surface area contributed by atoms with Crippen molar-refractivity contribution < 1.29 is 9.21 Å². The van der Waals surface area contributed by atoms with Gasteiger partial charge in [0.05, 0.1) is 5.69 Å². The predicted molar refractivity (Wildman–Crippen MR) is 86.6 cm³/mol. The van der Waals surface area contributed by atoms with Gasteiger partial charge < -0.3 is 4.42 Å². The van der Waals surface area contributed by atoms with Gasteiger partial charge in [0.1, 0.15) is 0 Å². The minimum atomic E-state index is -0.314. The summed E-state index contributed by atoms with van der Waals surface area (Å²) < 4.78 is 5.72. The average Bonchev–Trinajstić information content (AvgIpc) is 3.09. The summed E-state index contributed by atoms with van der Waals surface area (Å²) >= 11 is 4.55. The molecule has 21 heavy (non-hydrogen) atoms. The number of thiazole rings is 1. The van der Waals surface area contributed by atoms with E-state index in [1.807, 2.05) is 36.6 Å². The predicted octanol–water partition coefficient (Wildman–Crippen LogP) is 4.73. The molecule has 0 atom stereocenters. The quantitative estimate of drug-likeness (QED) is 0.732. The number of carbonyl (C=O) groups is 1. The molecule has 0 aliphatic heterocycles. The van der Waals surface area contributed by atoms with Crippen LogP contribution < -0.4 is 5.32 Å². The Hall–Kier alpha value is -1.92. The van der Waals surface area contributed by atoms with Crippen LogP contribution in [0.2, 0.25) is 0 Å². The smallest absolute Gasteiger partial charge is 0.293 e. The number of aromatic nitrogens is 1. The van der Waals surface area contributed by atoms with E-state index in [0.29, 0.717) is 9.80 Å². The Morgan fingerprint density at radius 1 is 1.24 bits per heavy atom. The molecule has 0 spiro atoms. The molecule has 0 saturated carbocycles. The molecule has 0 aliphatic carbocycles. The van der Waals surface area contributed by atoms with E-state index in [4.69, 9.17) is 4.42 Å². The standard InChI is InChI=1S/C15H11BrN2O2S/c1-9-2-4-10(5-3-9)11-8-21-15(17-11)18-14(19)12-6-7-13(16)20-12/h2-8H,1H3,(H,17,18,19). The summed E-state index contributed by atoms with van der Waals surface area (Å²) in [6.45, 7) is 2.04. The van der Waals surface area contributed by atoms with Crippen molar-refractivity contribution >= 4 is 38.3 Å². The molecule has 1 N–H and O–H groups in total. The molecule has 1 amide bonds. The van der Waals surface area contributed by atoms with Crippen LogP contribution >= 0.6 is 27.3 Å². The van der Waals surface area contributed by atoms with Crippen molar-refractivity contribution in [2.75, 3.05) is 5.32 Å². The van der Waals surface area contributed by atoms with Crippen LogP contribution in [0.3, 0.4) is 0 Å². The lowest BCUT2D eigenvalue weighted by Crippen LogP contribution is -2.10. The monoisotopic (exact) mass is 362 g/mol. The maximum atomic E-state index is 12.0. The lowest BCUT2D eigenvalue weighted by Gasteiger charge is -1.98. The number of nitrogens with one attached hydrogen (secondary N) is 1. The highest BCUT2D eigenvalue weighted by Crippen LogP contribution is 2.25. The van der Waals surface area contributed by atoms with Crippen LogP contribution in [0.25, 0.3) is 11.3 Å². The number of aryl methyl sites for hydroxylation is 1. The summed E-state index contributed by atoms with van der Waals surface area (Å²) in [5, 5.41) is 5.19. The lowest BCUT2D eigenvalue weighted by molar-refractivity contribution is 0.0995. The van der Waals surface area contributed by atoms with Gasteiger partial charge in [0.2, 0.25) is 0 Å². The van der Waals surface area contributed by atoms with E-state index in [2.05, 4.69) is 26.2 Å². The Bertz CT molecular complexity index is 777. The zero-order valence-electron chi connectivity index (χ0n) is 11.1. The molecule has 0 fully saturated rings. The maximum absolute atomic E-state index is 12.0. The number of furan rings is 1. The highest BCUT2D eigenvalue weighted by atomic mass is 79.9. The zero-order valence-corrected chi connectivity index (χ0v) is 13.5. The molecule has 0 aliphatic rings. The Balaban J connectivity index is 1.76. The molecule has 0 bridgehead atoms. The number of carbonyl (C=O) groups excluding carboxylic acids is 1. The zero-order chi connectivity index (χ0) is 14.8. The molecule has 0 radical (unpaired) electrons. The van der Waals surface area contributed by atoms with Crippen LogP contribution in [0.5, 0.6) is 0 Å². The van der Waals surface area contributed by atoms with Crippen LogP contribution in [0.1, 0.15) is 16.1 Å². The molecule has 0 unspecified atom stereocenters. The van der Waals surface area contributed by atoms with Gasteiger partial charge in [-0.2, -0.15) is 0 Å². The van der Waals surface area contributed by atoms with Gasteiger partial charge in [-0.3, -0.25) is 10.1 Å². The number of amides is 1. The first-order chi connectivity index (χ1) is 10.1. The van der Waals surface area contributed by atoms with E-state index >= 15 is 0 Å². The number of rotatable bonds is 3. The first kappa shape index (κ1) is 14.0. The molecular formula is C15H11BrN2O2S. The Morgan fingerprint density at radius 3 is 2.67 bits per heavy atom. The highest BCUT2D eigenvalue weighted by molar-refractivity contribution is 9.10. The fourth-order valence-corrected chi connectivity index (χ4v) is 2.80. The van der Waals surface area contributed by atoms with E-state index in [-0.39, 0.29) is 11.7 Å². The van der Waals surface area contributed by atoms with Crippen molar-refractivity contribution in [1.82, 2.24) is 4.98 Å². The largest absolute Gasteiger partial charge is 0.444 e. The molecule has 2 heterocycles. The van der Waals surface area contributed by atoms with E-state index in [9.17, 15) is 4.79 Å². The molecule has 2 aromatic heterocycles. The van der Waals surface area contributed by atoms with Crippen LogP contribution in [0, 0.1) is 6.92 Å². The van der Waals surface area contributed by atoms with Gasteiger partial charge in [0, 0.05) is 10.9 Å². The molecule has 6 heteroatoms. The second-order valence-corrected chi connectivity index (χ2v) is 6.10. The molecule has 3 rings (SSSR count). The SMILES string of the molecule is Cc1ccc(-c2csc(NC(=O)c3ccc(Br)o3)n2)cc1. The number of benzene rings is 1. The minimum Gasteiger partial charge on any atom is -0.444 e. The van der Waals surface area contributed by atoms with Gasteiger partial charge in [-0.05, 0) is 35.0 Å². The second-order valence-electron chi connectivity index (χ2n) is 4.46. The molecule has 1 aromatic carbocycles. The maximum Gasteiger partial charge on any atom is 0.293 e. The summed E-state index contributed by atoms with van der Waals surface area (Å²) in [6.07, 6.45) is 0. The average molecular weight is 363 g/mol. The van der Waals surface area contributed by atoms with Crippen LogP contribution in [-0.4, -0.2) is 10.9 Å².